The van der Waals surface area contributed by atoms with Gasteiger partial charge in [0.2, 0.25) is 0 Å². The maximum Gasteiger partial charge on any atom is 0.0166 e. The van der Waals surface area contributed by atoms with Crippen molar-refractivity contribution in [3.63, 3.8) is 0 Å². The van der Waals surface area contributed by atoms with Gasteiger partial charge in [0.25, 0.3) is 0 Å². The van der Waals surface area contributed by atoms with E-state index in [1.165, 1.54) is 77.7 Å². The number of hydrogen-bond acceptors (Lipinski definition) is 3. The molecule has 3 aliphatic rings. The third-order valence-electron chi connectivity index (χ3n) is 6.25. The van der Waals surface area contributed by atoms with E-state index < -0.39 is 0 Å². The molecule has 170 valence electrons. The summed E-state index contributed by atoms with van der Waals surface area (Å²) in [6.07, 6.45) is 18.5. The summed E-state index contributed by atoms with van der Waals surface area (Å²) in [5, 5.41) is 0. The summed E-state index contributed by atoms with van der Waals surface area (Å²) in [5.74, 6) is 0. The highest BCUT2D eigenvalue weighted by Gasteiger charge is 2.11. The highest BCUT2D eigenvalue weighted by Crippen LogP contribution is 2.11. The van der Waals surface area contributed by atoms with Gasteiger partial charge >= 0.3 is 0 Å². The van der Waals surface area contributed by atoms with Crippen LogP contribution in [0.5, 0.6) is 0 Å². The Morgan fingerprint density at radius 1 is 0.448 bits per heavy atom. The highest BCUT2D eigenvalue weighted by molar-refractivity contribution is 4.91. The second-order valence-corrected chi connectivity index (χ2v) is 9.57. The number of likely N-dealkylation sites (tertiary alicyclic amines) is 1. The fraction of sp³-hybridized carbons (Fsp3) is 0.846. The lowest BCUT2D eigenvalue weighted by atomic mass is 10.2. The average Bonchev–Trinajstić information content (AvgIpc) is 3.15. The summed E-state index contributed by atoms with van der Waals surface area (Å²) >= 11 is 0. The van der Waals surface area contributed by atoms with Gasteiger partial charge in [-0.1, -0.05) is 37.1 Å². The lowest BCUT2D eigenvalue weighted by molar-refractivity contribution is 0.231. The summed E-state index contributed by atoms with van der Waals surface area (Å²) in [5.41, 5.74) is 0. The predicted octanol–water partition coefficient (Wildman–Crippen LogP) is 5.97. The molecule has 0 spiro atoms. The lowest BCUT2D eigenvalue weighted by Crippen LogP contribution is -2.33. The molecular formula is C26H51N3. The Balaban J connectivity index is 0.000000218. The summed E-state index contributed by atoms with van der Waals surface area (Å²) in [6.45, 7) is 21.2. The summed E-state index contributed by atoms with van der Waals surface area (Å²) in [6, 6.07) is 2.20. The Hall–Kier alpha value is -0.640. The molecule has 1 saturated heterocycles. The minimum absolute atomic E-state index is 0.718. The van der Waals surface area contributed by atoms with Gasteiger partial charge in [0.1, 0.15) is 0 Å². The summed E-state index contributed by atoms with van der Waals surface area (Å²) < 4.78 is 0. The van der Waals surface area contributed by atoms with Gasteiger partial charge in [-0.25, -0.2) is 0 Å². The molecule has 3 heteroatoms. The second-order valence-electron chi connectivity index (χ2n) is 9.57. The van der Waals surface area contributed by atoms with E-state index in [0.717, 1.165) is 24.7 Å². The van der Waals surface area contributed by atoms with Gasteiger partial charge in [0.05, 0.1) is 0 Å². The first-order chi connectivity index (χ1) is 13.9. The summed E-state index contributed by atoms with van der Waals surface area (Å²) in [4.78, 5) is 7.59. The molecule has 3 nitrogen and oxygen atoms in total. The Morgan fingerprint density at radius 2 is 0.828 bits per heavy atom. The number of hydrogen-bond donors (Lipinski definition) is 0. The first-order valence-corrected chi connectivity index (χ1v) is 12.4. The predicted molar refractivity (Wildman–Crippen MR) is 131 cm³/mol. The maximum atomic E-state index is 2.59. The third kappa shape index (κ3) is 12.6. The Bertz CT molecular complexity index is 415. The van der Waals surface area contributed by atoms with Gasteiger partial charge < -0.3 is 9.80 Å². The van der Waals surface area contributed by atoms with E-state index in [9.17, 15) is 0 Å². The van der Waals surface area contributed by atoms with E-state index in [2.05, 4.69) is 80.5 Å². The van der Waals surface area contributed by atoms with Gasteiger partial charge in [0, 0.05) is 44.3 Å². The van der Waals surface area contributed by atoms with Gasteiger partial charge in [-0.3, -0.25) is 4.90 Å². The van der Waals surface area contributed by atoms with Crippen LogP contribution in [0.25, 0.3) is 0 Å². The Kier molecular flexibility index (Phi) is 14.7. The van der Waals surface area contributed by atoms with Crippen molar-refractivity contribution in [3.8, 4) is 0 Å². The summed E-state index contributed by atoms with van der Waals surface area (Å²) in [7, 11) is 0. The molecule has 1 fully saturated rings. The Labute approximate surface area is 183 Å². The topological polar surface area (TPSA) is 9.72 Å². The second kappa shape index (κ2) is 16.1. The first kappa shape index (κ1) is 26.4. The maximum absolute atomic E-state index is 2.59. The molecule has 0 aromatic heterocycles. The highest BCUT2D eigenvalue weighted by atomic mass is 15.1. The fourth-order valence-corrected chi connectivity index (χ4v) is 4.08. The minimum atomic E-state index is 0.718. The minimum Gasteiger partial charge on any atom is -0.301 e. The molecule has 3 aliphatic heterocycles. The van der Waals surface area contributed by atoms with Crippen LogP contribution in [0.1, 0.15) is 86.5 Å². The van der Waals surface area contributed by atoms with Crippen LogP contribution >= 0.6 is 0 Å². The van der Waals surface area contributed by atoms with Crippen LogP contribution in [0.15, 0.2) is 24.3 Å². The molecule has 29 heavy (non-hydrogen) atoms. The first-order valence-electron chi connectivity index (χ1n) is 12.4. The van der Waals surface area contributed by atoms with E-state index >= 15 is 0 Å². The molecule has 0 radical (unpaired) electrons. The molecule has 0 bridgehead atoms. The molecular weight excluding hydrogens is 354 g/mol. The lowest BCUT2D eigenvalue weighted by Gasteiger charge is -2.26. The van der Waals surface area contributed by atoms with E-state index in [1.807, 2.05) is 0 Å². The molecule has 3 rings (SSSR count). The van der Waals surface area contributed by atoms with Gasteiger partial charge in [0.15, 0.2) is 0 Å². The standard InChI is InChI=1S/C9H19N.C9H17N.C8H15N/c2*1-9(2)10-7-5-3-4-6-8-10;1-8(2)9-6-4-3-5-7-9/h9H,3-8H2,1-2H3;3-4,9H,5-8H2,1-2H3;3-4,8H,5-7H2,1-2H3. The van der Waals surface area contributed by atoms with E-state index in [0.29, 0.717) is 0 Å². The number of nitrogens with zero attached hydrogens (tertiary/aromatic N) is 3. The van der Waals surface area contributed by atoms with Crippen LogP contribution in [-0.4, -0.2) is 72.1 Å². The van der Waals surface area contributed by atoms with Gasteiger partial charge in [-0.2, -0.15) is 0 Å². The van der Waals surface area contributed by atoms with Crippen molar-refractivity contribution in [2.75, 3.05) is 39.3 Å². The molecule has 0 N–H and O–H groups in total. The number of rotatable bonds is 3. The molecule has 0 aliphatic carbocycles. The SMILES string of the molecule is CC(C)N1CC=CCC1.CC(C)N1CCC=CCC1.CC(C)N1CCCCCC1. The van der Waals surface area contributed by atoms with E-state index in [4.69, 9.17) is 0 Å². The normalized spacial score (nSPS) is 22.0. The largest absolute Gasteiger partial charge is 0.301 e. The fourth-order valence-electron chi connectivity index (χ4n) is 4.08. The van der Waals surface area contributed by atoms with Gasteiger partial charge in [-0.15, -0.1) is 0 Å². The molecule has 0 amide bonds. The molecule has 3 heterocycles. The third-order valence-corrected chi connectivity index (χ3v) is 6.25. The zero-order chi connectivity index (χ0) is 21.5. The van der Waals surface area contributed by atoms with E-state index in [-0.39, 0.29) is 0 Å². The van der Waals surface area contributed by atoms with Crippen molar-refractivity contribution >= 4 is 0 Å². The average molecular weight is 406 g/mol. The molecule has 0 atom stereocenters. The van der Waals surface area contributed by atoms with Crippen molar-refractivity contribution in [2.24, 2.45) is 0 Å². The van der Waals surface area contributed by atoms with Crippen LogP contribution in [0.4, 0.5) is 0 Å². The molecule has 0 unspecified atom stereocenters. The monoisotopic (exact) mass is 405 g/mol. The van der Waals surface area contributed by atoms with Crippen LogP contribution in [0, 0.1) is 0 Å². The molecule has 0 aromatic rings. The molecule has 0 aromatic carbocycles. The Morgan fingerprint density at radius 3 is 1.21 bits per heavy atom. The quantitative estimate of drug-likeness (QED) is 0.535. The molecule has 0 saturated carbocycles. The van der Waals surface area contributed by atoms with Gasteiger partial charge in [-0.05, 0) is 86.7 Å². The zero-order valence-corrected chi connectivity index (χ0v) is 20.6. The van der Waals surface area contributed by atoms with Crippen molar-refractivity contribution in [1.82, 2.24) is 14.7 Å². The van der Waals surface area contributed by atoms with Crippen molar-refractivity contribution in [2.45, 2.75) is 105 Å². The van der Waals surface area contributed by atoms with Crippen molar-refractivity contribution in [1.29, 1.82) is 0 Å². The van der Waals surface area contributed by atoms with Crippen molar-refractivity contribution in [3.05, 3.63) is 24.3 Å². The zero-order valence-electron chi connectivity index (χ0n) is 20.6. The van der Waals surface area contributed by atoms with Crippen LogP contribution in [-0.2, 0) is 0 Å². The van der Waals surface area contributed by atoms with Crippen LogP contribution in [0.3, 0.4) is 0 Å². The van der Waals surface area contributed by atoms with Crippen LogP contribution in [0.2, 0.25) is 0 Å². The van der Waals surface area contributed by atoms with Crippen molar-refractivity contribution < 1.29 is 0 Å². The van der Waals surface area contributed by atoms with Crippen LogP contribution < -0.4 is 0 Å². The smallest absolute Gasteiger partial charge is 0.0166 e. The van der Waals surface area contributed by atoms with E-state index in [1.54, 1.807) is 0 Å².